The number of hydrogen-bond acceptors (Lipinski definition) is 2. The molecule has 0 radical (unpaired) electrons. The van der Waals surface area contributed by atoms with Gasteiger partial charge in [-0.05, 0) is 38.3 Å². The van der Waals surface area contributed by atoms with E-state index in [1.54, 1.807) is 0 Å². The zero-order chi connectivity index (χ0) is 7.98. The summed E-state index contributed by atoms with van der Waals surface area (Å²) in [4.78, 5) is 5.63. The summed E-state index contributed by atoms with van der Waals surface area (Å²) in [5, 5.41) is 2.77. The van der Waals surface area contributed by atoms with Gasteiger partial charge in [-0.2, -0.15) is 4.99 Å². The van der Waals surface area contributed by atoms with Crippen LogP contribution >= 0.6 is 24.4 Å². The van der Waals surface area contributed by atoms with Crippen molar-refractivity contribution in [3.63, 3.8) is 0 Å². The molecule has 0 fully saturated rings. The molecular weight excluding hydrogens is 164 g/mol. The first kappa shape index (κ1) is 9.69. The van der Waals surface area contributed by atoms with Crippen LogP contribution in [0.15, 0.2) is 4.99 Å². The van der Waals surface area contributed by atoms with Gasteiger partial charge in [-0.3, -0.25) is 0 Å². The van der Waals surface area contributed by atoms with Crippen molar-refractivity contribution in [1.82, 2.24) is 4.90 Å². The molecule has 0 aromatic carbocycles. The predicted octanol–water partition coefficient (Wildman–Crippen LogP) is 1.72. The van der Waals surface area contributed by atoms with Crippen molar-refractivity contribution in [1.29, 1.82) is 0 Å². The molecule has 0 N–H and O–H groups in total. The van der Waals surface area contributed by atoms with Crippen molar-refractivity contribution in [2.24, 2.45) is 4.99 Å². The molecule has 0 aromatic rings. The van der Waals surface area contributed by atoms with E-state index in [1.807, 2.05) is 18.7 Å². The molecule has 2 nitrogen and oxygen atoms in total. The minimum Gasteiger partial charge on any atom is -0.347 e. The van der Waals surface area contributed by atoms with Gasteiger partial charge in [0, 0.05) is 13.1 Å². The molecule has 0 aliphatic heterocycles. The first-order chi connectivity index (χ1) is 4.76. The highest BCUT2D eigenvalue weighted by Crippen LogP contribution is 1.91. The van der Waals surface area contributed by atoms with Crippen LogP contribution in [0.2, 0.25) is 0 Å². The van der Waals surface area contributed by atoms with E-state index in [9.17, 15) is 0 Å². The summed E-state index contributed by atoms with van der Waals surface area (Å²) < 4.78 is 0. The third kappa shape index (κ3) is 3.01. The summed E-state index contributed by atoms with van der Waals surface area (Å²) in [5.74, 6) is 0. The van der Waals surface area contributed by atoms with Crippen LogP contribution in [0.5, 0.6) is 0 Å². The lowest BCUT2D eigenvalue weighted by Gasteiger charge is -2.16. The molecule has 0 rings (SSSR count). The van der Waals surface area contributed by atoms with Crippen LogP contribution in [0.3, 0.4) is 0 Å². The molecular formula is C6H10N2S2. The van der Waals surface area contributed by atoms with E-state index >= 15 is 0 Å². The smallest absolute Gasteiger partial charge is 0.204 e. The maximum Gasteiger partial charge on any atom is 0.204 e. The van der Waals surface area contributed by atoms with Gasteiger partial charge in [0.1, 0.15) is 0 Å². The molecule has 0 spiro atoms. The first-order valence-corrected chi connectivity index (χ1v) is 3.94. The van der Waals surface area contributed by atoms with Gasteiger partial charge in [0.2, 0.25) is 5.11 Å². The normalized spacial score (nSPS) is 8.20. The van der Waals surface area contributed by atoms with Gasteiger partial charge >= 0.3 is 0 Å². The average Bonchev–Trinajstić information content (AvgIpc) is 1.91. The van der Waals surface area contributed by atoms with Crippen molar-refractivity contribution in [3.8, 4) is 0 Å². The minimum atomic E-state index is 0.528. The lowest BCUT2D eigenvalue weighted by atomic mass is 10.5. The van der Waals surface area contributed by atoms with Crippen molar-refractivity contribution < 1.29 is 0 Å². The Morgan fingerprint density at radius 2 is 2.00 bits per heavy atom. The molecule has 0 unspecified atom stereocenters. The van der Waals surface area contributed by atoms with E-state index in [0.29, 0.717) is 5.11 Å². The van der Waals surface area contributed by atoms with Gasteiger partial charge in [0.15, 0.2) is 0 Å². The number of isothiocyanates is 1. The molecule has 10 heavy (non-hydrogen) atoms. The quantitative estimate of drug-likeness (QED) is 0.468. The topological polar surface area (TPSA) is 15.6 Å². The van der Waals surface area contributed by atoms with Gasteiger partial charge in [0.05, 0.1) is 5.16 Å². The molecule has 0 saturated carbocycles. The summed E-state index contributed by atoms with van der Waals surface area (Å²) >= 11 is 9.32. The number of rotatable bonds is 2. The first-order valence-electron chi connectivity index (χ1n) is 3.13. The second-order valence-electron chi connectivity index (χ2n) is 1.66. The molecule has 0 heterocycles. The van der Waals surface area contributed by atoms with E-state index in [4.69, 9.17) is 12.2 Å². The van der Waals surface area contributed by atoms with E-state index in [1.165, 1.54) is 0 Å². The molecule has 4 heteroatoms. The van der Waals surface area contributed by atoms with Gasteiger partial charge in [-0.15, -0.1) is 0 Å². The highest BCUT2D eigenvalue weighted by Gasteiger charge is 2.00. The Bertz CT molecular complexity index is 157. The van der Waals surface area contributed by atoms with Crippen LogP contribution in [0.25, 0.3) is 0 Å². The number of aliphatic imine (C=N–C) groups is 1. The third-order valence-corrected chi connectivity index (χ3v) is 1.62. The van der Waals surface area contributed by atoms with Crippen LogP contribution < -0.4 is 0 Å². The minimum absolute atomic E-state index is 0.528. The second-order valence-corrected chi connectivity index (χ2v) is 2.21. The van der Waals surface area contributed by atoms with Crippen molar-refractivity contribution in [2.75, 3.05) is 13.1 Å². The fourth-order valence-corrected chi connectivity index (χ4v) is 1.05. The van der Waals surface area contributed by atoms with Gasteiger partial charge in [-0.25, -0.2) is 0 Å². The molecule has 0 bridgehead atoms. The van der Waals surface area contributed by atoms with Crippen molar-refractivity contribution in [3.05, 3.63) is 0 Å². The monoisotopic (exact) mass is 174 g/mol. The van der Waals surface area contributed by atoms with Crippen molar-refractivity contribution >= 4 is 34.7 Å². The number of hydrogen-bond donors (Lipinski definition) is 0. The summed E-state index contributed by atoms with van der Waals surface area (Å²) in [6.45, 7) is 5.79. The maximum atomic E-state index is 4.90. The Labute approximate surface area is 71.9 Å². The molecule has 56 valence electrons. The summed E-state index contributed by atoms with van der Waals surface area (Å²) in [5.41, 5.74) is 0. The lowest BCUT2D eigenvalue weighted by molar-refractivity contribution is 0.470. The van der Waals surface area contributed by atoms with Crippen molar-refractivity contribution in [2.45, 2.75) is 13.8 Å². The van der Waals surface area contributed by atoms with Gasteiger partial charge < -0.3 is 4.90 Å². The standard InChI is InChI=1S/C6H10N2S2/c1-3-8(4-2)6(10)7-5-9/h3-4H2,1-2H3. The van der Waals surface area contributed by atoms with E-state index in [2.05, 4.69) is 22.4 Å². The van der Waals surface area contributed by atoms with E-state index < -0.39 is 0 Å². The van der Waals surface area contributed by atoms with Crippen LogP contribution in [0.1, 0.15) is 13.8 Å². The summed E-state index contributed by atoms with van der Waals surface area (Å²) in [7, 11) is 0. The van der Waals surface area contributed by atoms with Crippen LogP contribution in [-0.4, -0.2) is 28.3 Å². The summed E-state index contributed by atoms with van der Waals surface area (Å²) in [6, 6.07) is 0. The largest absolute Gasteiger partial charge is 0.347 e. The predicted molar refractivity (Wildman–Crippen MR) is 50.5 cm³/mol. The zero-order valence-electron chi connectivity index (χ0n) is 6.13. The average molecular weight is 174 g/mol. The van der Waals surface area contributed by atoms with Crippen LogP contribution in [-0.2, 0) is 0 Å². The molecule has 0 aliphatic rings. The Hall–Kier alpha value is -0.310. The molecule has 0 atom stereocenters. The Morgan fingerprint density at radius 1 is 1.50 bits per heavy atom. The fraction of sp³-hybridized carbons (Fsp3) is 0.667. The molecule has 0 saturated heterocycles. The Morgan fingerprint density at radius 3 is 2.30 bits per heavy atom. The number of nitrogens with zero attached hydrogens (tertiary/aromatic N) is 2. The van der Waals surface area contributed by atoms with Gasteiger partial charge in [0.25, 0.3) is 0 Å². The molecule has 0 amide bonds. The highest BCUT2D eigenvalue weighted by atomic mass is 32.1. The van der Waals surface area contributed by atoms with Gasteiger partial charge in [-0.1, -0.05) is 0 Å². The zero-order valence-corrected chi connectivity index (χ0v) is 7.76. The van der Waals surface area contributed by atoms with E-state index in [-0.39, 0.29) is 0 Å². The van der Waals surface area contributed by atoms with E-state index in [0.717, 1.165) is 13.1 Å². The Balaban J connectivity index is 4.01. The SMILES string of the molecule is CCN(CC)C(=S)N=C=S. The second kappa shape index (κ2) is 5.47. The number of thiocarbonyl (C=S) groups is 2. The molecule has 0 aliphatic carbocycles. The highest BCUT2D eigenvalue weighted by molar-refractivity contribution is 7.80. The van der Waals surface area contributed by atoms with Crippen LogP contribution in [0, 0.1) is 0 Å². The fourth-order valence-electron chi connectivity index (χ4n) is 0.604. The summed E-state index contributed by atoms with van der Waals surface area (Å²) in [6.07, 6.45) is 0. The lowest BCUT2D eigenvalue weighted by Crippen LogP contribution is -2.27. The third-order valence-electron chi connectivity index (χ3n) is 1.18. The Kier molecular flexibility index (Phi) is 5.30. The van der Waals surface area contributed by atoms with Crippen LogP contribution in [0.4, 0.5) is 0 Å². The maximum absolute atomic E-state index is 4.90. The molecule has 0 aromatic heterocycles.